The second kappa shape index (κ2) is 19.7. The number of hydrogen-bond donors (Lipinski definition) is 2. The number of sulfonamides is 2. The van der Waals surface area contributed by atoms with Gasteiger partial charge in [0.05, 0.1) is 62.5 Å². The lowest BCUT2D eigenvalue weighted by atomic mass is 10.0. The molecule has 0 aliphatic carbocycles. The van der Waals surface area contributed by atoms with Crippen LogP contribution in [0, 0.1) is 0 Å². The number of thiophene rings is 2. The number of hydrogen-bond acceptors (Lipinski definition) is 14. The molecule has 2 atom stereocenters. The minimum Gasteiger partial charge on any atom is -0.496 e. The maximum Gasteiger partial charge on any atom is 0.241 e. The van der Waals surface area contributed by atoms with Gasteiger partial charge in [-0.1, -0.05) is 48.5 Å². The second-order valence-corrected chi connectivity index (χ2v) is 20.6. The minimum absolute atomic E-state index is 0.103. The molecule has 4 aromatic carbocycles. The highest BCUT2D eigenvalue weighted by molar-refractivity contribution is 7.89. The van der Waals surface area contributed by atoms with Gasteiger partial charge in [0.1, 0.15) is 21.2 Å². The van der Waals surface area contributed by atoms with Crippen LogP contribution in [0.1, 0.15) is 45.8 Å². The second-order valence-electron chi connectivity index (χ2n) is 15.0. The largest absolute Gasteiger partial charge is 0.496 e. The van der Waals surface area contributed by atoms with Crippen LogP contribution in [0.5, 0.6) is 34.5 Å². The van der Waals surface area contributed by atoms with Gasteiger partial charge in [0, 0.05) is 69.0 Å². The zero-order valence-corrected chi connectivity index (χ0v) is 39.0. The monoisotopic (exact) mass is 964 g/mol. The summed E-state index contributed by atoms with van der Waals surface area (Å²) in [5.41, 5.74) is 1.42. The molecule has 2 aliphatic rings. The molecule has 2 aliphatic heterocycles. The third kappa shape index (κ3) is 9.79. The first-order valence-corrected chi connectivity index (χ1v) is 25.5. The molecular weight excluding hydrogens is 921 g/mol. The van der Waals surface area contributed by atoms with Crippen molar-refractivity contribution in [3.05, 3.63) is 155 Å². The quantitative estimate of drug-likeness (QED) is 0.119. The van der Waals surface area contributed by atoms with Crippen molar-refractivity contribution in [2.45, 2.75) is 34.7 Å². The van der Waals surface area contributed by atoms with E-state index in [-0.39, 0.29) is 9.79 Å². The van der Waals surface area contributed by atoms with E-state index in [0.717, 1.165) is 43.0 Å². The lowest BCUT2D eigenvalue weighted by Crippen LogP contribution is -2.29. The predicted molar refractivity (Wildman–Crippen MR) is 254 cm³/mol. The fourth-order valence-corrected chi connectivity index (χ4v) is 12.2. The van der Waals surface area contributed by atoms with Gasteiger partial charge in [0.25, 0.3) is 0 Å². The lowest BCUT2D eigenvalue weighted by molar-refractivity contribution is 0.296. The molecule has 10 rings (SSSR count). The third-order valence-corrected chi connectivity index (χ3v) is 15.8. The maximum atomic E-state index is 13.5. The number of fused-ring (bicyclic) bond motifs is 4. The minimum atomic E-state index is -3.92. The van der Waals surface area contributed by atoms with Crippen LogP contribution in [-0.4, -0.2) is 67.5 Å². The Hall–Kier alpha value is -6.28. The normalized spacial score (nSPS) is 14.6. The summed E-state index contributed by atoms with van der Waals surface area (Å²) < 4.78 is 93.6. The Morgan fingerprint density at radius 1 is 0.515 bits per heavy atom. The van der Waals surface area contributed by atoms with E-state index in [0.29, 0.717) is 72.1 Å². The van der Waals surface area contributed by atoms with Gasteiger partial charge in [-0.15, -0.1) is 22.7 Å². The highest BCUT2D eigenvalue weighted by Crippen LogP contribution is 2.40. The number of nitrogens with zero attached hydrogens (tertiary/aromatic N) is 2. The number of benzene rings is 4. The van der Waals surface area contributed by atoms with Gasteiger partial charge in [0.2, 0.25) is 20.0 Å². The van der Waals surface area contributed by atoms with Crippen LogP contribution in [0.25, 0.3) is 20.4 Å². The first-order chi connectivity index (χ1) is 32.1. The molecule has 0 bridgehead atoms. The van der Waals surface area contributed by atoms with Crippen molar-refractivity contribution in [3.8, 4) is 34.5 Å². The average Bonchev–Trinajstić information content (AvgIpc) is 3.80. The third-order valence-electron chi connectivity index (χ3n) is 10.7. The Labute approximate surface area is 390 Å². The molecular formula is C48H44N4O10S4. The summed E-state index contributed by atoms with van der Waals surface area (Å²) in [5, 5.41) is 1.90. The number of methoxy groups -OCH3 is 2. The van der Waals surface area contributed by atoms with E-state index >= 15 is 0 Å². The van der Waals surface area contributed by atoms with E-state index in [1.807, 2.05) is 84.9 Å². The molecule has 0 unspecified atom stereocenters. The highest BCUT2D eigenvalue weighted by Gasteiger charge is 2.30. The number of pyridine rings is 2. The zero-order chi connectivity index (χ0) is 45.7. The number of aromatic nitrogens is 2. The molecule has 0 spiro atoms. The Kier molecular flexibility index (Phi) is 13.4. The standard InChI is InChI=1S/2C24H22N2O5S2/c2*1-29-19-8-3-2-7-18(19)23(22-14-16-6-4-11-25-24(16)32-22)26-33(27,28)17-9-10-20-21(15-17)31-13-5-12-30-20/h2*2-4,6-11,14-15,23,26H,5,12-13H2,1H3/t2*23-/m10/s1. The average molecular weight is 965 g/mol. The van der Waals surface area contributed by atoms with Crippen LogP contribution in [0.2, 0.25) is 0 Å². The fourth-order valence-electron chi connectivity index (χ4n) is 7.50. The fraction of sp³-hybridized carbons (Fsp3) is 0.208. The van der Waals surface area contributed by atoms with E-state index < -0.39 is 32.1 Å². The number of nitrogens with one attached hydrogen (secondary N) is 2. The number of para-hydroxylation sites is 2. The van der Waals surface area contributed by atoms with Crippen molar-refractivity contribution in [1.29, 1.82) is 0 Å². The molecule has 14 nitrogen and oxygen atoms in total. The van der Waals surface area contributed by atoms with Gasteiger partial charge in [-0.3, -0.25) is 0 Å². The highest BCUT2D eigenvalue weighted by atomic mass is 32.2. The molecule has 0 saturated carbocycles. The van der Waals surface area contributed by atoms with Gasteiger partial charge in [-0.05, 0) is 60.7 Å². The van der Waals surface area contributed by atoms with Crippen LogP contribution in [-0.2, 0) is 20.0 Å². The number of ether oxygens (including phenoxy) is 6. The van der Waals surface area contributed by atoms with Crippen LogP contribution in [0.4, 0.5) is 0 Å². The SMILES string of the molecule is COc1ccccc1[C@@H](NS(=O)(=O)c1ccc2c(c1)OCCCO2)c1cc2cccnc2s1.COc1ccccc1[C@H](NS(=O)(=O)c1ccc2c(c1)OCCCO2)c1cc2cccnc2s1. The van der Waals surface area contributed by atoms with Crippen molar-refractivity contribution in [1.82, 2.24) is 19.4 Å². The van der Waals surface area contributed by atoms with E-state index in [1.165, 1.54) is 46.9 Å². The van der Waals surface area contributed by atoms with E-state index in [1.54, 1.807) is 38.7 Å². The molecule has 66 heavy (non-hydrogen) atoms. The summed E-state index contributed by atoms with van der Waals surface area (Å²) in [5.74, 6) is 3.13. The molecule has 6 heterocycles. The van der Waals surface area contributed by atoms with Crippen molar-refractivity contribution < 1.29 is 45.3 Å². The van der Waals surface area contributed by atoms with Gasteiger partial charge in [0.15, 0.2) is 23.0 Å². The molecule has 0 fully saturated rings. The van der Waals surface area contributed by atoms with Gasteiger partial charge < -0.3 is 28.4 Å². The predicted octanol–water partition coefficient (Wildman–Crippen LogP) is 9.07. The van der Waals surface area contributed by atoms with E-state index in [2.05, 4.69) is 19.4 Å². The Morgan fingerprint density at radius 2 is 0.924 bits per heavy atom. The molecule has 0 amide bonds. The van der Waals surface area contributed by atoms with Gasteiger partial charge >= 0.3 is 0 Å². The lowest BCUT2D eigenvalue weighted by Gasteiger charge is -2.20. The van der Waals surface area contributed by atoms with Crippen LogP contribution in [0.3, 0.4) is 0 Å². The Morgan fingerprint density at radius 3 is 1.33 bits per heavy atom. The summed E-state index contributed by atoms with van der Waals surface area (Å²) in [4.78, 5) is 12.3. The molecule has 0 radical (unpaired) electrons. The van der Waals surface area contributed by atoms with E-state index in [9.17, 15) is 16.8 Å². The maximum absolute atomic E-state index is 13.5. The Bertz CT molecular complexity index is 2950. The first-order valence-electron chi connectivity index (χ1n) is 20.9. The summed E-state index contributed by atoms with van der Waals surface area (Å²) in [6.07, 6.45) is 4.93. The van der Waals surface area contributed by atoms with Gasteiger partial charge in [-0.2, -0.15) is 9.44 Å². The Balaban J connectivity index is 0.000000166. The summed E-state index contributed by atoms with van der Waals surface area (Å²) in [6, 6.07) is 34.3. The van der Waals surface area contributed by atoms with Crippen LogP contribution < -0.4 is 37.9 Å². The van der Waals surface area contributed by atoms with Crippen molar-refractivity contribution in [3.63, 3.8) is 0 Å². The first kappa shape index (κ1) is 44.9. The molecule has 340 valence electrons. The molecule has 0 saturated heterocycles. The molecule has 8 aromatic rings. The van der Waals surface area contributed by atoms with Crippen molar-refractivity contribution in [2.75, 3.05) is 40.6 Å². The smallest absolute Gasteiger partial charge is 0.241 e. The summed E-state index contributed by atoms with van der Waals surface area (Å²) in [7, 11) is -4.70. The van der Waals surface area contributed by atoms with Crippen molar-refractivity contribution in [2.24, 2.45) is 0 Å². The molecule has 2 N–H and O–H groups in total. The molecule has 18 heteroatoms. The van der Waals surface area contributed by atoms with Crippen LogP contribution >= 0.6 is 22.7 Å². The summed E-state index contributed by atoms with van der Waals surface area (Å²) in [6.45, 7) is 2.02. The molecule has 4 aromatic heterocycles. The van der Waals surface area contributed by atoms with Gasteiger partial charge in [-0.25, -0.2) is 26.8 Å². The topological polar surface area (TPSA) is 174 Å². The van der Waals surface area contributed by atoms with E-state index in [4.69, 9.17) is 28.4 Å². The van der Waals surface area contributed by atoms with Crippen LogP contribution in [0.15, 0.2) is 144 Å². The summed E-state index contributed by atoms with van der Waals surface area (Å²) >= 11 is 2.89. The van der Waals surface area contributed by atoms with Crippen molar-refractivity contribution >= 4 is 63.2 Å². The zero-order valence-electron chi connectivity index (χ0n) is 35.7. The number of rotatable bonds is 12.